The molecule has 1 atom stereocenters. The predicted molar refractivity (Wildman–Crippen MR) is 48.0 cm³/mol. The van der Waals surface area contributed by atoms with Gasteiger partial charge in [-0.25, -0.2) is 0 Å². The zero-order valence-corrected chi connectivity index (χ0v) is 8.10. The molecule has 0 aliphatic rings. The van der Waals surface area contributed by atoms with Crippen LogP contribution in [0.2, 0.25) is 0 Å². The summed E-state index contributed by atoms with van der Waals surface area (Å²) in [6, 6.07) is 2.19. The van der Waals surface area contributed by atoms with Crippen LogP contribution in [-0.2, 0) is 0 Å². The van der Waals surface area contributed by atoms with Gasteiger partial charge in [-0.3, -0.25) is 0 Å². The quantitative estimate of drug-likeness (QED) is 0.528. The third-order valence-corrected chi connectivity index (χ3v) is 1.89. The number of nitrogens with zero attached hydrogens (tertiary/aromatic N) is 1. The molecule has 0 aliphatic carbocycles. The van der Waals surface area contributed by atoms with Gasteiger partial charge in [-0.1, -0.05) is 32.4 Å². The molecule has 0 heterocycles. The molecule has 0 bridgehead atoms. The number of hydrogen-bond donors (Lipinski definition) is 0. The molecule has 1 heteroatoms. The van der Waals surface area contributed by atoms with Crippen molar-refractivity contribution >= 4 is 0 Å². The molecule has 0 amide bonds. The number of allylic oxidation sites excluding steroid dienone is 2. The predicted octanol–water partition coefficient (Wildman–Crippen LogP) is 3.14. The van der Waals surface area contributed by atoms with Crippen LogP contribution in [0.15, 0.2) is 11.6 Å². The van der Waals surface area contributed by atoms with E-state index in [1.54, 1.807) is 0 Å². The van der Waals surface area contributed by atoms with Crippen LogP contribution in [0.25, 0.3) is 0 Å². The summed E-state index contributed by atoms with van der Waals surface area (Å²) in [4.78, 5) is 0. The Hall–Kier alpha value is -0.770. The fraction of sp³-hybridized carbons (Fsp3) is 0.700. The third-order valence-electron chi connectivity index (χ3n) is 1.89. The van der Waals surface area contributed by atoms with Crippen LogP contribution in [0.1, 0.15) is 34.6 Å². The summed E-state index contributed by atoms with van der Waals surface area (Å²) >= 11 is 0. The summed E-state index contributed by atoms with van der Waals surface area (Å²) in [7, 11) is 0. The lowest BCUT2D eigenvalue weighted by Gasteiger charge is -2.19. The molecule has 0 aromatic heterocycles. The van der Waals surface area contributed by atoms with Gasteiger partial charge in [0.15, 0.2) is 0 Å². The average molecular weight is 151 g/mol. The van der Waals surface area contributed by atoms with E-state index in [9.17, 15) is 0 Å². The molecule has 0 spiro atoms. The van der Waals surface area contributed by atoms with Crippen molar-refractivity contribution in [1.29, 1.82) is 5.26 Å². The second kappa shape index (κ2) is 3.57. The zero-order chi connectivity index (χ0) is 9.07. The minimum atomic E-state index is 0.0363. The van der Waals surface area contributed by atoms with E-state index in [2.05, 4.69) is 33.8 Å². The first-order chi connectivity index (χ1) is 4.88. The Morgan fingerprint density at radius 1 is 1.45 bits per heavy atom. The van der Waals surface area contributed by atoms with E-state index < -0.39 is 0 Å². The van der Waals surface area contributed by atoms with Crippen molar-refractivity contribution in [3.05, 3.63) is 11.6 Å². The lowest BCUT2D eigenvalue weighted by molar-refractivity contribution is 0.499. The van der Waals surface area contributed by atoms with E-state index in [1.807, 2.05) is 13.0 Å². The smallest absolute Gasteiger partial charge is 0.0694 e. The van der Waals surface area contributed by atoms with Crippen molar-refractivity contribution in [3.8, 4) is 6.07 Å². The van der Waals surface area contributed by atoms with Crippen LogP contribution >= 0.6 is 0 Å². The topological polar surface area (TPSA) is 23.8 Å². The van der Waals surface area contributed by atoms with Crippen molar-refractivity contribution in [3.63, 3.8) is 0 Å². The molecule has 1 unspecified atom stereocenters. The van der Waals surface area contributed by atoms with E-state index in [0.29, 0.717) is 0 Å². The molecule has 0 saturated carbocycles. The summed E-state index contributed by atoms with van der Waals surface area (Å²) in [5.41, 5.74) is 1.48. The highest BCUT2D eigenvalue weighted by Gasteiger charge is 2.12. The Morgan fingerprint density at radius 3 is 2.18 bits per heavy atom. The van der Waals surface area contributed by atoms with Gasteiger partial charge in [0.2, 0.25) is 0 Å². The fourth-order valence-electron chi connectivity index (χ4n) is 0.662. The maximum absolute atomic E-state index is 8.55. The van der Waals surface area contributed by atoms with E-state index in [4.69, 9.17) is 5.26 Å². The summed E-state index contributed by atoms with van der Waals surface area (Å²) in [6.45, 7) is 10.5. The molecule has 1 nitrogen and oxygen atoms in total. The van der Waals surface area contributed by atoms with E-state index in [0.717, 1.165) is 0 Å². The Balaban J connectivity index is 4.37. The van der Waals surface area contributed by atoms with E-state index in [-0.39, 0.29) is 11.3 Å². The van der Waals surface area contributed by atoms with Gasteiger partial charge in [0.25, 0.3) is 0 Å². The van der Waals surface area contributed by atoms with E-state index >= 15 is 0 Å². The van der Waals surface area contributed by atoms with Gasteiger partial charge in [-0.2, -0.15) is 5.26 Å². The van der Waals surface area contributed by atoms with Gasteiger partial charge >= 0.3 is 0 Å². The van der Waals surface area contributed by atoms with Gasteiger partial charge < -0.3 is 0 Å². The monoisotopic (exact) mass is 151 g/mol. The molecule has 11 heavy (non-hydrogen) atoms. The molecular weight excluding hydrogens is 134 g/mol. The summed E-state index contributed by atoms with van der Waals surface area (Å²) in [5.74, 6) is 0.0363. The molecule has 62 valence electrons. The summed E-state index contributed by atoms with van der Waals surface area (Å²) < 4.78 is 0. The molecule has 0 radical (unpaired) electrons. The highest BCUT2D eigenvalue weighted by atomic mass is 14.3. The molecule has 0 saturated heterocycles. The van der Waals surface area contributed by atoms with Crippen LogP contribution in [0, 0.1) is 22.7 Å². The fourth-order valence-corrected chi connectivity index (χ4v) is 0.662. The maximum atomic E-state index is 8.55. The second-order valence-electron chi connectivity index (χ2n) is 4.02. The Labute approximate surface area is 69.7 Å². The van der Waals surface area contributed by atoms with E-state index in [1.165, 1.54) is 5.57 Å². The second-order valence-corrected chi connectivity index (χ2v) is 4.02. The lowest BCUT2D eigenvalue weighted by Crippen LogP contribution is -2.07. The van der Waals surface area contributed by atoms with Gasteiger partial charge in [-0.15, -0.1) is 0 Å². The van der Waals surface area contributed by atoms with Crippen molar-refractivity contribution in [2.24, 2.45) is 11.3 Å². The number of nitriles is 1. The van der Waals surface area contributed by atoms with Crippen LogP contribution in [0.5, 0.6) is 0 Å². The lowest BCUT2D eigenvalue weighted by atomic mass is 9.86. The number of rotatable bonds is 1. The Morgan fingerprint density at radius 2 is 1.91 bits per heavy atom. The first-order valence-corrected chi connectivity index (χ1v) is 3.96. The normalized spacial score (nSPS) is 15.8. The van der Waals surface area contributed by atoms with Crippen molar-refractivity contribution in [2.45, 2.75) is 34.6 Å². The minimum absolute atomic E-state index is 0.0363. The molecule has 0 aliphatic heterocycles. The minimum Gasteiger partial charge on any atom is -0.198 e. The molecule has 0 aromatic carbocycles. The molecule has 0 N–H and O–H groups in total. The Kier molecular flexibility index (Phi) is 3.32. The number of hydrogen-bond acceptors (Lipinski definition) is 1. The zero-order valence-electron chi connectivity index (χ0n) is 8.10. The highest BCUT2D eigenvalue weighted by molar-refractivity contribution is 5.12. The first-order valence-electron chi connectivity index (χ1n) is 3.96. The van der Waals surface area contributed by atoms with Gasteiger partial charge in [0.1, 0.15) is 0 Å². The van der Waals surface area contributed by atoms with Crippen molar-refractivity contribution in [2.75, 3.05) is 0 Å². The Bertz CT molecular complexity index is 188. The van der Waals surface area contributed by atoms with Crippen molar-refractivity contribution in [1.82, 2.24) is 0 Å². The van der Waals surface area contributed by atoms with Crippen LogP contribution < -0.4 is 0 Å². The molecule has 0 fully saturated rings. The first kappa shape index (κ1) is 10.2. The summed E-state index contributed by atoms with van der Waals surface area (Å²) in [6.07, 6.45) is 2.03. The highest BCUT2D eigenvalue weighted by Crippen LogP contribution is 2.25. The molecular formula is C10H17N. The van der Waals surface area contributed by atoms with Gasteiger partial charge in [0, 0.05) is 0 Å². The largest absolute Gasteiger partial charge is 0.198 e. The van der Waals surface area contributed by atoms with Crippen molar-refractivity contribution < 1.29 is 0 Å². The summed E-state index contributed by atoms with van der Waals surface area (Å²) in [5, 5.41) is 8.55. The van der Waals surface area contributed by atoms with Crippen LogP contribution in [0.4, 0.5) is 0 Å². The average Bonchev–Trinajstić information content (AvgIpc) is 1.85. The van der Waals surface area contributed by atoms with Gasteiger partial charge in [-0.05, 0) is 19.3 Å². The maximum Gasteiger partial charge on any atom is 0.0694 e. The standard InChI is InChI=1S/C10H17N/c1-8(7-11)6-9(2)10(3,4)5/h6,8H,1-5H3. The van der Waals surface area contributed by atoms with Crippen LogP contribution in [-0.4, -0.2) is 0 Å². The third kappa shape index (κ3) is 3.83. The van der Waals surface area contributed by atoms with Crippen LogP contribution in [0.3, 0.4) is 0 Å². The van der Waals surface area contributed by atoms with Gasteiger partial charge in [0.05, 0.1) is 12.0 Å². The molecule has 0 aromatic rings. The molecule has 0 rings (SSSR count). The SMILES string of the molecule is CC(=CC(C)C#N)C(C)(C)C.